The van der Waals surface area contributed by atoms with E-state index in [4.69, 9.17) is 10.5 Å². The first-order valence-corrected chi connectivity index (χ1v) is 6.74. The SMILES string of the molecule is CCOC(=O)C(N)(CCN(C)CC)c1ccccc1. The molecule has 0 aliphatic rings. The van der Waals surface area contributed by atoms with Crippen LogP contribution >= 0.6 is 0 Å². The molecule has 0 heterocycles. The predicted octanol–water partition coefficient (Wildman–Crippen LogP) is 1.75. The minimum Gasteiger partial charge on any atom is -0.464 e. The fourth-order valence-electron chi connectivity index (χ4n) is 1.89. The lowest BCUT2D eigenvalue weighted by molar-refractivity contribution is -0.150. The van der Waals surface area contributed by atoms with Gasteiger partial charge in [0, 0.05) is 6.54 Å². The Hall–Kier alpha value is -1.39. The van der Waals surface area contributed by atoms with Crippen LogP contribution in [0.4, 0.5) is 0 Å². The summed E-state index contributed by atoms with van der Waals surface area (Å²) in [6.07, 6.45) is 0.542. The van der Waals surface area contributed by atoms with Crippen molar-refractivity contribution in [2.75, 3.05) is 26.7 Å². The molecular formula is C15H24N2O2. The summed E-state index contributed by atoms with van der Waals surface area (Å²) in [7, 11) is 2.01. The highest BCUT2D eigenvalue weighted by molar-refractivity contribution is 5.82. The van der Waals surface area contributed by atoms with Crippen LogP contribution < -0.4 is 5.73 Å². The van der Waals surface area contributed by atoms with Gasteiger partial charge in [-0.15, -0.1) is 0 Å². The first-order chi connectivity index (χ1) is 9.04. The first kappa shape index (κ1) is 15.7. The highest BCUT2D eigenvalue weighted by Crippen LogP contribution is 2.24. The molecule has 0 saturated carbocycles. The van der Waals surface area contributed by atoms with Crippen molar-refractivity contribution in [3.05, 3.63) is 35.9 Å². The summed E-state index contributed by atoms with van der Waals surface area (Å²) in [5, 5.41) is 0. The molecule has 1 unspecified atom stereocenters. The van der Waals surface area contributed by atoms with Crippen LogP contribution in [0, 0.1) is 0 Å². The van der Waals surface area contributed by atoms with Crippen LogP contribution in [-0.2, 0) is 15.1 Å². The number of benzene rings is 1. The van der Waals surface area contributed by atoms with Gasteiger partial charge >= 0.3 is 5.97 Å². The zero-order valence-corrected chi connectivity index (χ0v) is 12.1. The molecule has 1 aromatic carbocycles. The molecule has 0 aliphatic carbocycles. The van der Waals surface area contributed by atoms with Crippen molar-refractivity contribution in [1.82, 2.24) is 4.90 Å². The Morgan fingerprint density at radius 3 is 2.47 bits per heavy atom. The van der Waals surface area contributed by atoms with E-state index >= 15 is 0 Å². The third kappa shape index (κ3) is 4.04. The van der Waals surface area contributed by atoms with E-state index in [1.165, 1.54) is 0 Å². The zero-order valence-electron chi connectivity index (χ0n) is 12.1. The van der Waals surface area contributed by atoms with E-state index in [2.05, 4.69) is 11.8 Å². The molecule has 0 aliphatic heterocycles. The standard InChI is InChI=1S/C15H24N2O2/c1-4-17(3)12-11-15(16,14(18)19-5-2)13-9-7-6-8-10-13/h6-10H,4-5,11-12,16H2,1-3H3. The highest BCUT2D eigenvalue weighted by atomic mass is 16.5. The van der Waals surface area contributed by atoms with Gasteiger partial charge in [0.05, 0.1) is 6.61 Å². The van der Waals surface area contributed by atoms with Gasteiger partial charge in [0.2, 0.25) is 0 Å². The summed E-state index contributed by atoms with van der Waals surface area (Å²) in [5.74, 6) is -0.356. The number of ether oxygens (including phenoxy) is 1. The Morgan fingerprint density at radius 1 is 1.32 bits per heavy atom. The van der Waals surface area contributed by atoms with E-state index in [1.54, 1.807) is 6.92 Å². The first-order valence-electron chi connectivity index (χ1n) is 6.74. The monoisotopic (exact) mass is 264 g/mol. The van der Waals surface area contributed by atoms with E-state index in [0.29, 0.717) is 13.0 Å². The Kier molecular flexibility index (Phi) is 5.99. The van der Waals surface area contributed by atoms with Crippen molar-refractivity contribution in [3.8, 4) is 0 Å². The molecule has 19 heavy (non-hydrogen) atoms. The van der Waals surface area contributed by atoms with E-state index in [1.807, 2.05) is 37.4 Å². The van der Waals surface area contributed by atoms with Gasteiger partial charge in [-0.2, -0.15) is 0 Å². The molecule has 1 atom stereocenters. The number of hydrogen-bond donors (Lipinski definition) is 1. The van der Waals surface area contributed by atoms with Gasteiger partial charge in [-0.05, 0) is 32.5 Å². The summed E-state index contributed by atoms with van der Waals surface area (Å²) in [6.45, 7) is 5.88. The molecule has 1 aromatic rings. The molecular weight excluding hydrogens is 240 g/mol. The molecule has 0 spiro atoms. The summed E-state index contributed by atoms with van der Waals surface area (Å²) in [4.78, 5) is 14.3. The molecule has 4 heteroatoms. The fourth-order valence-corrected chi connectivity index (χ4v) is 1.89. The number of hydrogen-bond acceptors (Lipinski definition) is 4. The molecule has 0 bridgehead atoms. The molecule has 106 valence electrons. The van der Waals surface area contributed by atoms with Crippen molar-refractivity contribution >= 4 is 5.97 Å². The lowest BCUT2D eigenvalue weighted by Gasteiger charge is -2.29. The van der Waals surface area contributed by atoms with Gasteiger partial charge in [-0.3, -0.25) is 0 Å². The molecule has 2 N–H and O–H groups in total. The lowest BCUT2D eigenvalue weighted by atomic mass is 9.87. The summed E-state index contributed by atoms with van der Waals surface area (Å²) >= 11 is 0. The smallest absolute Gasteiger partial charge is 0.330 e. The second-order valence-electron chi connectivity index (χ2n) is 4.70. The van der Waals surface area contributed by atoms with Crippen molar-refractivity contribution in [2.45, 2.75) is 25.8 Å². The third-order valence-electron chi connectivity index (χ3n) is 3.36. The van der Waals surface area contributed by atoms with E-state index in [-0.39, 0.29) is 5.97 Å². The van der Waals surface area contributed by atoms with Crippen LogP contribution in [0.25, 0.3) is 0 Å². The van der Waals surface area contributed by atoms with Crippen molar-refractivity contribution in [3.63, 3.8) is 0 Å². The maximum Gasteiger partial charge on any atom is 0.330 e. The van der Waals surface area contributed by atoms with Crippen molar-refractivity contribution < 1.29 is 9.53 Å². The van der Waals surface area contributed by atoms with Gasteiger partial charge in [0.15, 0.2) is 0 Å². The van der Waals surface area contributed by atoms with Crippen LogP contribution in [0.15, 0.2) is 30.3 Å². The molecule has 4 nitrogen and oxygen atoms in total. The second-order valence-corrected chi connectivity index (χ2v) is 4.70. The van der Waals surface area contributed by atoms with Crippen LogP contribution in [0.3, 0.4) is 0 Å². The number of carbonyl (C=O) groups is 1. The lowest BCUT2D eigenvalue weighted by Crippen LogP contribution is -2.48. The maximum absolute atomic E-state index is 12.2. The molecule has 0 fully saturated rings. The third-order valence-corrected chi connectivity index (χ3v) is 3.36. The number of esters is 1. The van der Waals surface area contributed by atoms with Gasteiger partial charge in [0.1, 0.15) is 5.54 Å². The normalized spacial score (nSPS) is 14.2. The quantitative estimate of drug-likeness (QED) is 0.762. The Bertz CT molecular complexity index is 394. The fraction of sp³-hybridized carbons (Fsp3) is 0.533. The summed E-state index contributed by atoms with van der Waals surface area (Å²) < 4.78 is 5.14. The van der Waals surface area contributed by atoms with E-state index in [0.717, 1.165) is 18.7 Å². The second kappa shape index (κ2) is 7.26. The number of rotatable bonds is 7. The molecule has 0 radical (unpaired) electrons. The molecule has 0 saturated heterocycles. The summed E-state index contributed by atoms with van der Waals surface area (Å²) in [6, 6.07) is 9.44. The van der Waals surface area contributed by atoms with Crippen LogP contribution in [-0.4, -0.2) is 37.6 Å². The van der Waals surface area contributed by atoms with Crippen molar-refractivity contribution in [2.24, 2.45) is 5.73 Å². The largest absolute Gasteiger partial charge is 0.464 e. The number of carbonyl (C=O) groups excluding carboxylic acids is 1. The number of nitrogens with zero attached hydrogens (tertiary/aromatic N) is 1. The average Bonchev–Trinajstić information content (AvgIpc) is 2.45. The van der Waals surface area contributed by atoms with Gasteiger partial charge in [-0.25, -0.2) is 4.79 Å². The van der Waals surface area contributed by atoms with Crippen LogP contribution in [0.5, 0.6) is 0 Å². The topological polar surface area (TPSA) is 55.6 Å². The minimum absolute atomic E-state index is 0.342. The Labute approximate surface area is 115 Å². The minimum atomic E-state index is -1.07. The Morgan fingerprint density at radius 2 is 1.95 bits per heavy atom. The van der Waals surface area contributed by atoms with Gasteiger partial charge < -0.3 is 15.4 Å². The van der Waals surface area contributed by atoms with Crippen LogP contribution in [0.2, 0.25) is 0 Å². The maximum atomic E-state index is 12.2. The van der Waals surface area contributed by atoms with Crippen molar-refractivity contribution in [1.29, 1.82) is 0 Å². The van der Waals surface area contributed by atoms with E-state index < -0.39 is 5.54 Å². The summed E-state index contributed by atoms with van der Waals surface area (Å²) in [5.41, 5.74) is 6.09. The van der Waals surface area contributed by atoms with Crippen LogP contribution in [0.1, 0.15) is 25.8 Å². The molecule has 0 aromatic heterocycles. The zero-order chi connectivity index (χ0) is 14.3. The van der Waals surface area contributed by atoms with Gasteiger partial charge in [0.25, 0.3) is 0 Å². The highest BCUT2D eigenvalue weighted by Gasteiger charge is 2.37. The molecule has 1 rings (SSSR count). The predicted molar refractivity (Wildman–Crippen MR) is 76.7 cm³/mol. The average molecular weight is 264 g/mol. The van der Waals surface area contributed by atoms with Gasteiger partial charge in [-0.1, -0.05) is 37.3 Å². The van der Waals surface area contributed by atoms with E-state index in [9.17, 15) is 4.79 Å². The molecule has 0 amide bonds. The number of nitrogens with two attached hydrogens (primary N) is 1. The Balaban J connectivity index is 2.93.